The smallest absolute Gasteiger partial charge is 0.143 e. The average Bonchev–Trinajstić information content (AvgIpc) is 2.02. The summed E-state index contributed by atoms with van der Waals surface area (Å²) in [6.07, 6.45) is 6.93. The van der Waals surface area contributed by atoms with Gasteiger partial charge in [-0.3, -0.25) is 4.79 Å². The monoisotopic (exact) mass is 167 g/mol. The molecule has 2 saturated carbocycles. The molecule has 68 valence electrons. The van der Waals surface area contributed by atoms with Crippen LogP contribution in [0.5, 0.6) is 0 Å². The SMILES string of the molecule is NCC1CCCC2(CCC2)C1=O. The molecule has 0 radical (unpaired) electrons. The van der Waals surface area contributed by atoms with Crippen molar-refractivity contribution in [1.29, 1.82) is 0 Å². The van der Waals surface area contributed by atoms with Gasteiger partial charge in [-0.2, -0.15) is 0 Å². The van der Waals surface area contributed by atoms with E-state index >= 15 is 0 Å². The maximum Gasteiger partial charge on any atom is 0.143 e. The van der Waals surface area contributed by atoms with Crippen molar-refractivity contribution in [2.24, 2.45) is 17.1 Å². The minimum absolute atomic E-state index is 0.113. The Morgan fingerprint density at radius 2 is 2.00 bits per heavy atom. The van der Waals surface area contributed by atoms with Crippen molar-refractivity contribution in [1.82, 2.24) is 0 Å². The summed E-state index contributed by atoms with van der Waals surface area (Å²) < 4.78 is 0. The highest BCUT2D eigenvalue weighted by atomic mass is 16.1. The zero-order valence-corrected chi connectivity index (χ0v) is 7.51. The molecule has 2 heteroatoms. The first kappa shape index (κ1) is 8.24. The summed E-state index contributed by atoms with van der Waals surface area (Å²) in [6.45, 7) is 0.570. The molecule has 1 atom stereocenters. The van der Waals surface area contributed by atoms with E-state index in [0.717, 1.165) is 25.7 Å². The minimum Gasteiger partial charge on any atom is -0.330 e. The first-order valence-electron chi connectivity index (χ1n) is 5.03. The Morgan fingerprint density at radius 1 is 1.33 bits per heavy atom. The van der Waals surface area contributed by atoms with Gasteiger partial charge < -0.3 is 5.73 Å². The molecule has 2 rings (SSSR count). The summed E-state index contributed by atoms with van der Waals surface area (Å²) in [7, 11) is 0. The van der Waals surface area contributed by atoms with Gasteiger partial charge in [0.05, 0.1) is 0 Å². The quantitative estimate of drug-likeness (QED) is 0.643. The fourth-order valence-electron chi connectivity index (χ4n) is 2.70. The van der Waals surface area contributed by atoms with E-state index < -0.39 is 0 Å². The van der Waals surface area contributed by atoms with Crippen LogP contribution in [-0.4, -0.2) is 12.3 Å². The molecule has 0 saturated heterocycles. The Labute approximate surface area is 73.5 Å². The highest BCUT2D eigenvalue weighted by molar-refractivity contribution is 5.88. The van der Waals surface area contributed by atoms with Crippen LogP contribution in [-0.2, 0) is 4.79 Å². The molecule has 0 aromatic carbocycles. The van der Waals surface area contributed by atoms with Gasteiger partial charge in [0.2, 0.25) is 0 Å². The van der Waals surface area contributed by atoms with Gasteiger partial charge in [0.1, 0.15) is 5.78 Å². The highest BCUT2D eigenvalue weighted by Crippen LogP contribution is 2.50. The number of carbonyl (C=O) groups excluding carboxylic acids is 1. The predicted octanol–water partition coefficient (Wildman–Crippen LogP) is 1.48. The first-order chi connectivity index (χ1) is 5.78. The Kier molecular flexibility index (Phi) is 1.95. The van der Waals surface area contributed by atoms with Crippen LogP contribution in [0.4, 0.5) is 0 Å². The summed E-state index contributed by atoms with van der Waals surface area (Å²) in [5.41, 5.74) is 5.69. The van der Waals surface area contributed by atoms with Crippen LogP contribution in [0.3, 0.4) is 0 Å². The zero-order valence-electron chi connectivity index (χ0n) is 7.51. The van der Waals surface area contributed by atoms with Gasteiger partial charge in [0, 0.05) is 17.9 Å². The average molecular weight is 167 g/mol. The van der Waals surface area contributed by atoms with Crippen molar-refractivity contribution in [2.75, 3.05) is 6.54 Å². The van der Waals surface area contributed by atoms with Crippen molar-refractivity contribution in [3.05, 3.63) is 0 Å². The molecule has 0 aromatic rings. The minimum atomic E-state index is 0.113. The van der Waals surface area contributed by atoms with Crippen LogP contribution in [0.15, 0.2) is 0 Å². The van der Waals surface area contributed by atoms with E-state index in [1.807, 2.05) is 0 Å². The van der Waals surface area contributed by atoms with Gasteiger partial charge in [-0.05, 0) is 25.7 Å². The summed E-state index contributed by atoms with van der Waals surface area (Å²) in [4.78, 5) is 11.9. The molecule has 0 aliphatic heterocycles. The van der Waals surface area contributed by atoms with E-state index in [4.69, 9.17) is 5.73 Å². The van der Waals surface area contributed by atoms with Crippen LogP contribution >= 0.6 is 0 Å². The summed E-state index contributed by atoms with van der Waals surface area (Å²) >= 11 is 0. The second-order valence-electron chi connectivity index (χ2n) is 4.32. The fraction of sp³-hybridized carbons (Fsp3) is 0.900. The second-order valence-corrected chi connectivity index (χ2v) is 4.32. The number of carbonyl (C=O) groups is 1. The molecule has 12 heavy (non-hydrogen) atoms. The van der Waals surface area contributed by atoms with Crippen molar-refractivity contribution >= 4 is 5.78 Å². The lowest BCUT2D eigenvalue weighted by atomic mass is 9.57. The standard InChI is InChI=1S/C10H17NO/c11-7-8-3-1-4-10(9(8)12)5-2-6-10/h8H,1-7,11H2. The van der Waals surface area contributed by atoms with E-state index in [0.29, 0.717) is 12.3 Å². The van der Waals surface area contributed by atoms with Gasteiger partial charge in [-0.25, -0.2) is 0 Å². The van der Waals surface area contributed by atoms with E-state index in [-0.39, 0.29) is 11.3 Å². The lowest BCUT2D eigenvalue weighted by Crippen LogP contribution is -2.46. The van der Waals surface area contributed by atoms with Gasteiger partial charge >= 0.3 is 0 Å². The van der Waals surface area contributed by atoms with E-state index in [2.05, 4.69) is 0 Å². The van der Waals surface area contributed by atoms with Crippen LogP contribution in [0.2, 0.25) is 0 Å². The summed E-state index contributed by atoms with van der Waals surface area (Å²) in [5.74, 6) is 0.682. The van der Waals surface area contributed by atoms with Gasteiger partial charge in [-0.1, -0.05) is 12.8 Å². The largest absolute Gasteiger partial charge is 0.330 e. The predicted molar refractivity (Wildman–Crippen MR) is 47.7 cm³/mol. The summed E-state index contributed by atoms with van der Waals surface area (Å²) in [5, 5.41) is 0. The summed E-state index contributed by atoms with van der Waals surface area (Å²) in [6, 6.07) is 0. The van der Waals surface area contributed by atoms with E-state index in [9.17, 15) is 4.79 Å². The highest BCUT2D eigenvalue weighted by Gasteiger charge is 2.47. The molecule has 0 aromatic heterocycles. The fourth-order valence-corrected chi connectivity index (χ4v) is 2.70. The third kappa shape index (κ3) is 1.01. The van der Waals surface area contributed by atoms with Crippen molar-refractivity contribution < 1.29 is 4.79 Å². The van der Waals surface area contributed by atoms with E-state index in [1.54, 1.807) is 0 Å². The molecule has 0 heterocycles. The third-order valence-corrected chi connectivity index (χ3v) is 3.70. The maximum absolute atomic E-state index is 11.9. The normalized spacial score (nSPS) is 33.4. The Balaban J connectivity index is 2.10. The maximum atomic E-state index is 11.9. The van der Waals surface area contributed by atoms with Crippen molar-refractivity contribution in [3.63, 3.8) is 0 Å². The molecule has 1 spiro atoms. The van der Waals surface area contributed by atoms with Crippen LogP contribution < -0.4 is 5.73 Å². The van der Waals surface area contributed by atoms with E-state index in [1.165, 1.54) is 12.8 Å². The van der Waals surface area contributed by atoms with Gasteiger partial charge in [-0.15, -0.1) is 0 Å². The molecule has 2 nitrogen and oxygen atoms in total. The lowest BCUT2D eigenvalue weighted by molar-refractivity contribution is -0.141. The number of nitrogens with two attached hydrogens (primary N) is 1. The number of hydrogen-bond donors (Lipinski definition) is 1. The van der Waals surface area contributed by atoms with Crippen LogP contribution in [0, 0.1) is 11.3 Å². The number of ketones is 1. The molecule has 2 aliphatic rings. The Hall–Kier alpha value is -0.370. The lowest BCUT2D eigenvalue weighted by Gasteiger charge is -2.45. The molecule has 1 unspecified atom stereocenters. The molecule has 2 aliphatic carbocycles. The van der Waals surface area contributed by atoms with Crippen LogP contribution in [0.1, 0.15) is 38.5 Å². The van der Waals surface area contributed by atoms with Crippen molar-refractivity contribution in [3.8, 4) is 0 Å². The van der Waals surface area contributed by atoms with Crippen LogP contribution in [0.25, 0.3) is 0 Å². The molecule has 0 bridgehead atoms. The topological polar surface area (TPSA) is 43.1 Å². The third-order valence-electron chi connectivity index (χ3n) is 3.70. The number of rotatable bonds is 1. The molecular weight excluding hydrogens is 150 g/mol. The molecule has 2 fully saturated rings. The second kappa shape index (κ2) is 2.84. The molecule has 0 amide bonds. The Morgan fingerprint density at radius 3 is 2.50 bits per heavy atom. The number of hydrogen-bond acceptors (Lipinski definition) is 2. The van der Waals surface area contributed by atoms with Gasteiger partial charge in [0.25, 0.3) is 0 Å². The molecular formula is C10H17NO. The zero-order chi connectivity index (χ0) is 8.60. The first-order valence-corrected chi connectivity index (χ1v) is 5.03. The van der Waals surface area contributed by atoms with Crippen molar-refractivity contribution in [2.45, 2.75) is 38.5 Å². The van der Waals surface area contributed by atoms with Gasteiger partial charge in [0.15, 0.2) is 0 Å². The Bertz CT molecular complexity index is 196. The molecule has 2 N–H and O–H groups in total. The number of Topliss-reactive ketones (excluding diaryl/α,β-unsaturated/α-hetero) is 1.